The molecule has 0 radical (unpaired) electrons. The first kappa shape index (κ1) is 11.7. The quantitative estimate of drug-likeness (QED) is 0.774. The second kappa shape index (κ2) is 6.17. The topological polar surface area (TPSA) is 15.3 Å². The Kier molecular flexibility index (Phi) is 5.15. The maximum atomic E-state index is 4.01. The molecule has 0 aromatic rings. The number of halogens is 1. The third kappa shape index (κ3) is 4.74. The number of hydrogen-bond donors (Lipinski definition) is 1. The molecule has 2 nitrogen and oxygen atoms in total. The highest BCUT2D eigenvalue weighted by Crippen LogP contribution is 2.06. The number of nitrogens with one attached hydrogen (secondary N) is 1. The van der Waals surface area contributed by atoms with Crippen molar-refractivity contribution in [2.75, 3.05) is 32.7 Å². The third-order valence-corrected chi connectivity index (χ3v) is 2.40. The molecule has 0 aromatic heterocycles. The van der Waals surface area contributed by atoms with Gasteiger partial charge in [0.25, 0.3) is 0 Å². The van der Waals surface area contributed by atoms with Gasteiger partial charge in [-0.15, -0.1) is 0 Å². The first-order chi connectivity index (χ1) is 6.68. The van der Waals surface area contributed by atoms with Gasteiger partial charge in [0.15, 0.2) is 0 Å². The van der Waals surface area contributed by atoms with Crippen molar-refractivity contribution in [2.45, 2.75) is 0 Å². The van der Waals surface area contributed by atoms with E-state index in [2.05, 4.69) is 39.3 Å². The summed E-state index contributed by atoms with van der Waals surface area (Å²) in [5.41, 5.74) is 1.13. The van der Waals surface area contributed by atoms with Crippen LogP contribution in [0.2, 0.25) is 0 Å². The van der Waals surface area contributed by atoms with E-state index >= 15 is 0 Å². The zero-order valence-electron chi connectivity index (χ0n) is 8.43. The molecule has 78 valence electrons. The fraction of sp³-hybridized carbons (Fsp3) is 0.455. The maximum absolute atomic E-state index is 4.01. The molecular weight excluding hydrogens is 240 g/mol. The summed E-state index contributed by atoms with van der Waals surface area (Å²) >= 11 is 3.28. The average Bonchev–Trinajstić information content (AvgIpc) is 2.16. The lowest BCUT2D eigenvalue weighted by Crippen LogP contribution is -2.43. The summed E-state index contributed by atoms with van der Waals surface area (Å²) in [4.78, 5) is 2.40. The van der Waals surface area contributed by atoms with E-state index in [1.54, 1.807) is 0 Å². The first-order valence-electron chi connectivity index (χ1n) is 4.82. The molecule has 1 aliphatic heterocycles. The van der Waals surface area contributed by atoms with Crippen LogP contribution in [0.15, 0.2) is 35.4 Å². The Bertz CT molecular complexity index is 240. The Balaban J connectivity index is 2.28. The first-order valence-corrected chi connectivity index (χ1v) is 5.61. The molecule has 0 aromatic carbocycles. The summed E-state index contributed by atoms with van der Waals surface area (Å²) in [6.45, 7) is 13.1. The van der Waals surface area contributed by atoms with E-state index in [0.717, 1.165) is 42.8 Å². The molecular formula is C11H17BrN2. The van der Waals surface area contributed by atoms with Gasteiger partial charge >= 0.3 is 0 Å². The number of nitrogens with zero attached hydrogens (tertiary/aromatic N) is 1. The second-order valence-electron chi connectivity index (χ2n) is 3.46. The molecule has 1 aliphatic rings. The van der Waals surface area contributed by atoms with Crippen LogP contribution in [0.25, 0.3) is 0 Å². The van der Waals surface area contributed by atoms with Gasteiger partial charge in [-0.2, -0.15) is 0 Å². The minimum Gasteiger partial charge on any atom is -0.314 e. The molecule has 0 bridgehead atoms. The molecule has 1 heterocycles. The van der Waals surface area contributed by atoms with Crippen molar-refractivity contribution in [1.82, 2.24) is 10.2 Å². The van der Waals surface area contributed by atoms with Gasteiger partial charge in [0.2, 0.25) is 0 Å². The van der Waals surface area contributed by atoms with E-state index in [-0.39, 0.29) is 0 Å². The largest absolute Gasteiger partial charge is 0.314 e. The molecule has 1 rings (SSSR count). The normalized spacial score (nSPS) is 18.6. The van der Waals surface area contributed by atoms with Crippen LogP contribution in [-0.4, -0.2) is 37.6 Å². The molecule has 1 N–H and O–H groups in total. The van der Waals surface area contributed by atoms with Crippen molar-refractivity contribution in [3.05, 3.63) is 35.4 Å². The van der Waals surface area contributed by atoms with Gasteiger partial charge in [0.1, 0.15) is 0 Å². The van der Waals surface area contributed by atoms with Crippen molar-refractivity contribution in [1.29, 1.82) is 0 Å². The summed E-state index contributed by atoms with van der Waals surface area (Å²) in [6.07, 6.45) is 3.95. The SMILES string of the molecule is C=C(Br)/C=C\C(=C)CN1CCNCC1. The van der Waals surface area contributed by atoms with Gasteiger partial charge in [-0.25, -0.2) is 0 Å². The molecule has 0 saturated carbocycles. The minimum absolute atomic E-state index is 0.888. The lowest BCUT2D eigenvalue weighted by molar-refractivity contribution is 0.261. The van der Waals surface area contributed by atoms with Gasteiger partial charge in [0.05, 0.1) is 0 Å². The molecule has 0 atom stereocenters. The number of rotatable bonds is 4. The monoisotopic (exact) mass is 256 g/mol. The van der Waals surface area contributed by atoms with Crippen LogP contribution >= 0.6 is 15.9 Å². The molecule has 0 amide bonds. The molecule has 1 fully saturated rings. The van der Waals surface area contributed by atoms with E-state index in [1.165, 1.54) is 0 Å². The van der Waals surface area contributed by atoms with Crippen LogP contribution < -0.4 is 5.32 Å². The molecule has 0 unspecified atom stereocenters. The van der Waals surface area contributed by atoms with Gasteiger partial charge in [-0.05, 0) is 11.6 Å². The molecule has 1 saturated heterocycles. The van der Waals surface area contributed by atoms with Crippen LogP contribution in [-0.2, 0) is 0 Å². The smallest absolute Gasteiger partial charge is 0.0228 e. The molecule has 3 heteroatoms. The fourth-order valence-electron chi connectivity index (χ4n) is 1.42. The average molecular weight is 257 g/mol. The Morgan fingerprint density at radius 3 is 2.50 bits per heavy atom. The van der Waals surface area contributed by atoms with Crippen molar-refractivity contribution < 1.29 is 0 Å². The Labute approximate surface area is 94.5 Å². The summed E-state index contributed by atoms with van der Waals surface area (Å²) in [6, 6.07) is 0. The van der Waals surface area contributed by atoms with Crippen molar-refractivity contribution >= 4 is 15.9 Å². The van der Waals surface area contributed by atoms with E-state index in [0.29, 0.717) is 0 Å². The standard InChI is InChI=1S/C11H17BrN2/c1-10(3-4-11(2)12)9-14-7-5-13-6-8-14/h3-4,13H,1-2,5-9H2/b4-3-. The zero-order valence-corrected chi connectivity index (χ0v) is 10.0. The van der Waals surface area contributed by atoms with Gasteiger partial charge < -0.3 is 5.32 Å². The van der Waals surface area contributed by atoms with Crippen LogP contribution in [0, 0.1) is 0 Å². The van der Waals surface area contributed by atoms with E-state index in [1.807, 2.05) is 12.2 Å². The molecule has 14 heavy (non-hydrogen) atoms. The van der Waals surface area contributed by atoms with Crippen LogP contribution in [0.5, 0.6) is 0 Å². The van der Waals surface area contributed by atoms with E-state index in [9.17, 15) is 0 Å². The summed E-state index contributed by atoms with van der Waals surface area (Å²) in [5, 5.41) is 3.33. The molecule has 0 spiro atoms. The van der Waals surface area contributed by atoms with Crippen LogP contribution in [0.1, 0.15) is 0 Å². The number of allylic oxidation sites excluding steroid dienone is 2. The van der Waals surface area contributed by atoms with Gasteiger partial charge in [-0.1, -0.05) is 35.2 Å². The summed E-state index contributed by atoms with van der Waals surface area (Å²) in [5.74, 6) is 0. The number of piperazine rings is 1. The highest BCUT2D eigenvalue weighted by atomic mass is 79.9. The summed E-state index contributed by atoms with van der Waals surface area (Å²) in [7, 11) is 0. The summed E-state index contributed by atoms with van der Waals surface area (Å²) < 4.78 is 0.888. The Morgan fingerprint density at radius 1 is 1.29 bits per heavy atom. The molecule has 0 aliphatic carbocycles. The van der Waals surface area contributed by atoms with Crippen LogP contribution in [0.3, 0.4) is 0 Å². The lowest BCUT2D eigenvalue weighted by Gasteiger charge is -2.27. The highest BCUT2D eigenvalue weighted by Gasteiger charge is 2.08. The highest BCUT2D eigenvalue weighted by molar-refractivity contribution is 9.11. The predicted octanol–water partition coefficient (Wildman–Crippen LogP) is 1.91. The fourth-order valence-corrected chi connectivity index (χ4v) is 1.55. The van der Waals surface area contributed by atoms with Crippen LogP contribution in [0.4, 0.5) is 0 Å². The second-order valence-corrected chi connectivity index (χ2v) is 4.48. The number of hydrogen-bond acceptors (Lipinski definition) is 2. The lowest BCUT2D eigenvalue weighted by atomic mass is 10.2. The van der Waals surface area contributed by atoms with Gasteiger partial charge in [-0.3, -0.25) is 4.90 Å². The van der Waals surface area contributed by atoms with Gasteiger partial charge in [0, 0.05) is 37.2 Å². The Morgan fingerprint density at radius 2 is 1.93 bits per heavy atom. The predicted molar refractivity (Wildman–Crippen MR) is 65.7 cm³/mol. The minimum atomic E-state index is 0.888. The van der Waals surface area contributed by atoms with E-state index in [4.69, 9.17) is 0 Å². The van der Waals surface area contributed by atoms with E-state index < -0.39 is 0 Å². The maximum Gasteiger partial charge on any atom is 0.0228 e. The zero-order chi connectivity index (χ0) is 10.4. The van der Waals surface area contributed by atoms with Crippen molar-refractivity contribution in [3.8, 4) is 0 Å². The van der Waals surface area contributed by atoms with Crippen molar-refractivity contribution in [3.63, 3.8) is 0 Å². The third-order valence-electron chi connectivity index (χ3n) is 2.14. The van der Waals surface area contributed by atoms with Crippen molar-refractivity contribution in [2.24, 2.45) is 0 Å². The Hall–Kier alpha value is -0.380.